The van der Waals surface area contributed by atoms with Crippen LogP contribution in [0.2, 0.25) is 0 Å². The fraction of sp³-hybridized carbons (Fsp3) is 0.850. The van der Waals surface area contributed by atoms with Gasteiger partial charge in [-0.05, 0) is 64.7 Å². The van der Waals surface area contributed by atoms with E-state index in [0.717, 1.165) is 44.9 Å². The van der Waals surface area contributed by atoms with Gasteiger partial charge in [0, 0.05) is 6.54 Å². The zero-order valence-corrected chi connectivity index (χ0v) is 18.8. The first kappa shape index (κ1) is 29.1. The second-order valence-corrected chi connectivity index (χ2v) is 7.52. The van der Waals surface area contributed by atoms with Gasteiger partial charge in [-0.15, -0.1) is 0 Å². The monoisotopic (exact) mass is 445 g/mol. The number of hydrogen-bond donors (Lipinski definition) is 6. The normalized spacial score (nSPS) is 11.7. The van der Waals surface area contributed by atoms with Crippen molar-refractivity contribution in [2.45, 2.75) is 57.4 Å². The Morgan fingerprint density at radius 2 is 1.52 bits per heavy atom. The largest absolute Gasteiger partial charge is 0.448 e. The summed E-state index contributed by atoms with van der Waals surface area (Å²) in [6.07, 6.45) is 5.60. The van der Waals surface area contributed by atoms with Crippen LogP contribution in [0.5, 0.6) is 0 Å². The summed E-state index contributed by atoms with van der Waals surface area (Å²) >= 11 is 0. The Morgan fingerprint density at radius 1 is 0.871 bits per heavy atom. The van der Waals surface area contributed by atoms with Crippen molar-refractivity contribution in [2.24, 2.45) is 22.9 Å². The molecule has 0 fully saturated rings. The van der Waals surface area contributed by atoms with Gasteiger partial charge in [0.05, 0.1) is 19.1 Å². The smallest absolute Gasteiger partial charge is 0.404 e. The first-order valence-electron chi connectivity index (χ1n) is 11.2. The maximum Gasteiger partial charge on any atom is 0.404 e. The molecule has 3 amide bonds. The number of ether oxygens (including phenoxy) is 1. The van der Waals surface area contributed by atoms with E-state index in [1.165, 1.54) is 0 Å². The van der Waals surface area contributed by atoms with E-state index in [2.05, 4.69) is 10.6 Å². The van der Waals surface area contributed by atoms with E-state index in [1.807, 2.05) is 0 Å². The molecule has 11 heteroatoms. The molecule has 0 bridgehead atoms. The Balaban J connectivity index is 4.74. The van der Waals surface area contributed by atoms with Crippen molar-refractivity contribution >= 4 is 17.9 Å². The van der Waals surface area contributed by atoms with E-state index in [0.29, 0.717) is 39.1 Å². The van der Waals surface area contributed by atoms with Gasteiger partial charge in [-0.3, -0.25) is 9.59 Å². The molecule has 0 saturated carbocycles. The average Bonchev–Trinajstić information content (AvgIpc) is 2.73. The van der Waals surface area contributed by atoms with Crippen LogP contribution in [-0.2, 0) is 14.3 Å². The molecular formula is C20H43N7O4. The van der Waals surface area contributed by atoms with Crippen LogP contribution in [-0.4, -0.2) is 81.3 Å². The van der Waals surface area contributed by atoms with Crippen LogP contribution in [0.15, 0.2) is 0 Å². The number of nitrogens with one attached hydrogen (secondary N) is 2. The van der Waals surface area contributed by atoms with Crippen LogP contribution in [0.3, 0.4) is 0 Å². The van der Waals surface area contributed by atoms with Gasteiger partial charge in [0.25, 0.3) is 0 Å². The highest BCUT2D eigenvalue weighted by molar-refractivity contribution is 5.85. The molecule has 0 unspecified atom stereocenters. The minimum atomic E-state index is -0.893. The molecule has 0 aromatic heterocycles. The highest BCUT2D eigenvalue weighted by Crippen LogP contribution is 2.03. The Hall–Kier alpha value is -1.95. The summed E-state index contributed by atoms with van der Waals surface area (Å²) in [4.78, 5) is 37.7. The third-order valence-electron chi connectivity index (χ3n) is 4.70. The number of carbonyl (C=O) groups is 3. The van der Waals surface area contributed by atoms with Crippen LogP contribution in [0.1, 0.15) is 51.4 Å². The van der Waals surface area contributed by atoms with Gasteiger partial charge in [-0.25, -0.2) is 4.79 Å². The molecule has 0 aliphatic rings. The van der Waals surface area contributed by atoms with Crippen molar-refractivity contribution in [3.8, 4) is 0 Å². The van der Waals surface area contributed by atoms with Crippen LogP contribution in [0, 0.1) is 0 Å². The summed E-state index contributed by atoms with van der Waals surface area (Å²) in [5.74, 6) is -0.440. The Bertz CT molecular complexity index is 494. The van der Waals surface area contributed by atoms with Crippen LogP contribution < -0.4 is 33.6 Å². The number of carbonyl (C=O) groups excluding carboxylic acids is 3. The lowest BCUT2D eigenvalue weighted by Crippen LogP contribution is -2.48. The zero-order chi connectivity index (χ0) is 23.3. The fourth-order valence-corrected chi connectivity index (χ4v) is 2.98. The van der Waals surface area contributed by atoms with E-state index in [-0.39, 0.29) is 37.6 Å². The summed E-state index contributed by atoms with van der Waals surface area (Å²) in [7, 11) is 0. The topological polar surface area (TPSA) is 192 Å². The second-order valence-electron chi connectivity index (χ2n) is 7.52. The lowest BCUT2D eigenvalue weighted by atomic mass is 10.1. The van der Waals surface area contributed by atoms with Gasteiger partial charge in [-0.1, -0.05) is 12.8 Å². The molecule has 31 heavy (non-hydrogen) atoms. The van der Waals surface area contributed by atoms with Crippen molar-refractivity contribution < 1.29 is 19.1 Å². The minimum absolute atomic E-state index is 0.0151. The predicted molar refractivity (Wildman–Crippen MR) is 121 cm³/mol. The molecular weight excluding hydrogens is 402 g/mol. The molecule has 0 rings (SSSR count). The number of rotatable bonds is 20. The molecule has 0 aliphatic heterocycles. The number of amides is 3. The van der Waals surface area contributed by atoms with Gasteiger partial charge >= 0.3 is 6.09 Å². The van der Waals surface area contributed by atoms with Crippen molar-refractivity contribution in [1.82, 2.24) is 15.5 Å². The molecule has 0 spiro atoms. The van der Waals surface area contributed by atoms with Crippen molar-refractivity contribution in [1.29, 1.82) is 0 Å². The van der Waals surface area contributed by atoms with Gasteiger partial charge < -0.3 is 43.2 Å². The van der Waals surface area contributed by atoms with Gasteiger partial charge in [0.2, 0.25) is 11.8 Å². The van der Waals surface area contributed by atoms with Crippen LogP contribution in [0.25, 0.3) is 0 Å². The highest BCUT2D eigenvalue weighted by Gasteiger charge is 2.19. The maximum absolute atomic E-state index is 12.6. The number of primary amides is 1. The molecule has 1 atom stereocenters. The van der Waals surface area contributed by atoms with E-state index in [9.17, 15) is 14.4 Å². The molecule has 0 aliphatic carbocycles. The van der Waals surface area contributed by atoms with E-state index < -0.39 is 6.09 Å². The molecule has 0 aromatic rings. The molecule has 0 heterocycles. The van der Waals surface area contributed by atoms with Crippen molar-refractivity contribution in [3.05, 3.63) is 0 Å². The lowest BCUT2D eigenvalue weighted by molar-refractivity contribution is -0.135. The van der Waals surface area contributed by atoms with Crippen LogP contribution in [0.4, 0.5) is 4.79 Å². The van der Waals surface area contributed by atoms with E-state index in [1.54, 1.807) is 4.90 Å². The van der Waals surface area contributed by atoms with Crippen LogP contribution >= 0.6 is 0 Å². The lowest BCUT2D eigenvalue weighted by Gasteiger charge is -2.24. The van der Waals surface area contributed by atoms with Crippen molar-refractivity contribution in [3.63, 3.8) is 0 Å². The summed E-state index contributed by atoms with van der Waals surface area (Å²) < 4.78 is 4.85. The summed E-state index contributed by atoms with van der Waals surface area (Å²) in [5, 5.41) is 5.94. The maximum atomic E-state index is 12.6. The van der Waals surface area contributed by atoms with E-state index in [4.69, 9.17) is 27.7 Å². The quantitative estimate of drug-likeness (QED) is 0.128. The first-order chi connectivity index (χ1) is 14.9. The zero-order valence-electron chi connectivity index (χ0n) is 18.8. The van der Waals surface area contributed by atoms with Gasteiger partial charge in [-0.2, -0.15) is 0 Å². The Kier molecular flexibility index (Phi) is 18.7. The molecule has 0 aromatic carbocycles. The standard InChI is InChI=1S/C20H43N7O4/c21-9-3-1-7-13-27(19(29)14-25-12-6-5-11-23)15-18(28)26-17(8-2-4-10-22)16-31-20(24)30/h17,25H,1-16,21-23H2,(H2,24,30)(H,26,28)/t17-/m0/s1. The van der Waals surface area contributed by atoms with Crippen molar-refractivity contribution in [2.75, 3.05) is 52.4 Å². The summed E-state index contributed by atoms with van der Waals surface area (Å²) in [6.45, 7) is 3.03. The Morgan fingerprint density at radius 3 is 2.16 bits per heavy atom. The third kappa shape index (κ3) is 17.4. The summed E-state index contributed by atoms with van der Waals surface area (Å²) in [5.41, 5.74) is 21.6. The molecule has 182 valence electrons. The van der Waals surface area contributed by atoms with E-state index >= 15 is 0 Å². The predicted octanol–water partition coefficient (Wildman–Crippen LogP) is -1.02. The number of nitrogens with two attached hydrogens (primary N) is 4. The first-order valence-corrected chi connectivity index (χ1v) is 11.2. The highest BCUT2D eigenvalue weighted by atomic mass is 16.5. The van der Waals surface area contributed by atoms with Gasteiger partial charge in [0.1, 0.15) is 6.61 Å². The second kappa shape index (κ2) is 20.0. The fourth-order valence-electron chi connectivity index (χ4n) is 2.98. The molecule has 0 radical (unpaired) electrons. The number of hydrogen-bond acceptors (Lipinski definition) is 8. The van der Waals surface area contributed by atoms with Gasteiger partial charge in [0.15, 0.2) is 0 Å². The average molecular weight is 446 g/mol. The Labute approximate surface area is 185 Å². The summed E-state index contributed by atoms with van der Waals surface area (Å²) in [6, 6.07) is -0.380. The molecule has 10 N–H and O–H groups in total. The SMILES string of the molecule is NCCCCCN(CC(=O)N[C@@H](CCCCN)COC(N)=O)C(=O)CNCCCCN. The number of nitrogens with zero attached hydrogens (tertiary/aromatic N) is 1. The minimum Gasteiger partial charge on any atom is -0.448 e. The third-order valence-corrected chi connectivity index (χ3v) is 4.70. The number of unbranched alkanes of at least 4 members (excludes halogenated alkanes) is 4. The molecule has 11 nitrogen and oxygen atoms in total. The molecule has 0 saturated heterocycles.